The standard InChI is InChI=1S/C22H26ClN3/c23-19-6-7-20-18(15-19)5-4-17-3-1-11-25-22(17)21(20)16-8-13-26(14-9-16)12-2-10-24/h1,3,6-7,11,15H,2,4-5,8-10,12-14,24H2. The lowest BCUT2D eigenvalue weighted by molar-refractivity contribution is 0.255. The van der Waals surface area contributed by atoms with E-state index in [-0.39, 0.29) is 0 Å². The summed E-state index contributed by atoms with van der Waals surface area (Å²) in [6.45, 7) is 4.11. The Morgan fingerprint density at radius 1 is 1.04 bits per heavy atom. The molecule has 1 aromatic heterocycles. The van der Waals surface area contributed by atoms with Crippen molar-refractivity contribution in [2.24, 2.45) is 5.73 Å². The summed E-state index contributed by atoms with van der Waals surface area (Å²) in [6, 6.07) is 10.6. The molecule has 0 spiro atoms. The van der Waals surface area contributed by atoms with Crippen LogP contribution in [0.4, 0.5) is 0 Å². The van der Waals surface area contributed by atoms with Gasteiger partial charge in [-0.3, -0.25) is 4.98 Å². The Labute approximate surface area is 160 Å². The average Bonchev–Trinajstić information content (AvgIpc) is 2.83. The number of piperidine rings is 1. The summed E-state index contributed by atoms with van der Waals surface area (Å²) < 4.78 is 0. The van der Waals surface area contributed by atoms with Gasteiger partial charge in [0, 0.05) is 29.9 Å². The Hall–Kier alpha value is -1.68. The van der Waals surface area contributed by atoms with E-state index in [1.165, 1.54) is 28.0 Å². The van der Waals surface area contributed by atoms with Crippen molar-refractivity contribution in [1.29, 1.82) is 0 Å². The molecule has 0 atom stereocenters. The molecule has 1 fully saturated rings. The van der Waals surface area contributed by atoms with Gasteiger partial charge in [0.25, 0.3) is 0 Å². The fraction of sp³-hybridized carbons (Fsp3) is 0.409. The lowest BCUT2D eigenvalue weighted by Crippen LogP contribution is -2.32. The Morgan fingerprint density at radius 3 is 2.65 bits per heavy atom. The normalized spacial score (nSPS) is 17.6. The molecule has 4 rings (SSSR count). The predicted octanol–water partition coefficient (Wildman–Crippen LogP) is 4.08. The van der Waals surface area contributed by atoms with Crippen LogP contribution in [0.5, 0.6) is 0 Å². The average molecular weight is 368 g/mol. The van der Waals surface area contributed by atoms with Crippen LogP contribution < -0.4 is 5.73 Å². The summed E-state index contributed by atoms with van der Waals surface area (Å²) in [4.78, 5) is 7.34. The molecular weight excluding hydrogens is 342 g/mol. The van der Waals surface area contributed by atoms with Gasteiger partial charge in [-0.05, 0) is 80.1 Å². The molecule has 2 aliphatic rings. The Kier molecular flexibility index (Phi) is 5.39. The highest BCUT2D eigenvalue weighted by molar-refractivity contribution is 6.30. The van der Waals surface area contributed by atoms with Gasteiger partial charge in [-0.1, -0.05) is 29.3 Å². The third kappa shape index (κ3) is 3.57. The van der Waals surface area contributed by atoms with Crippen molar-refractivity contribution < 1.29 is 0 Å². The highest BCUT2D eigenvalue weighted by atomic mass is 35.5. The number of halogens is 1. The number of rotatable bonds is 3. The van der Waals surface area contributed by atoms with Crippen LogP contribution in [-0.4, -0.2) is 36.1 Å². The van der Waals surface area contributed by atoms with Gasteiger partial charge in [0.15, 0.2) is 0 Å². The zero-order chi connectivity index (χ0) is 17.9. The molecule has 136 valence electrons. The predicted molar refractivity (Wildman–Crippen MR) is 108 cm³/mol. The van der Waals surface area contributed by atoms with E-state index in [9.17, 15) is 0 Å². The van der Waals surface area contributed by atoms with Gasteiger partial charge in [-0.25, -0.2) is 0 Å². The van der Waals surface area contributed by atoms with E-state index in [0.717, 1.165) is 63.3 Å². The minimum Gasteiger partial charge on any atom is -0.330 e. The molecule has 26 heavy (non-hydrogen) atoms. The van der Waals surface area contributed by atoms with Crippen molar-refractivity contribution >= 4 is 17.2 Å². The number of fused-ring (bicyclic) bond motifs is 2. The van der Waals surface area contributed by atoms with Crippen LogP contribution in [0, 0.1) is 0 Å². The first-order valence-corrected chi connectivity index (χ1v) is 10.0. The first-order chi connectivity index (χ1) is 12.8. The van der Waals surface area contributed by atoms with Crippen molar-refractivity contribution in [3.63, 3.8) is 0 Å². The van der Waals surface area contributed by atoms with Gasteiger partial charge in [0.05, 0.1) is 5.69 Å². The Bertz CT molecular complexity index is 818. The maximum absolute atomic E-state index is 6.29. The number of aryl methyl sites for hydroxylation is 2. The summed E-state index contributed by atoms with van der Waals surface area (Å²) in [7, 11) is 0. The second-order valence-corrected chi connectivity index (χ2v) is 7.71. The minimum absolute atomic E-state index is 0.774. The molecule has 3 nitrogen and oxygen atoms in total. The molecule has 0 radical (unpaired) electrons. The second-order valence-electron chi connectivity index (χ2n) is 7.28. The first kappa shape index (κ1) is 17.7. The van der Waals surface area contributed by atoms with Crippen LogP contribution in [0.25, 0.3) is 5.57 Å². The van der Waals surface area contributed by atoms with Crippen molar-refractivity contribution in [3.8, 4) is 0 Å². The number of nitrogens with zero attached hydrogens (tertiary/aromatic N) is 2. The largest absolute Gasteiger partial charge is 0.330 e. The highest BCUT2D eigenvalue weighted by Crippen LogP contribution is 2.38. The number of nitrogens with two attached hydrogens (primary N) is 1. The molecular formula is C22H26ClN3. The fourth-order valence-corrected chi connectivity index (χ4v) is 4.44. The fourth-order valence-electron chi connectivity index (χ4n) is 4.24. The number of aromatic nitrogens is 1. The molecule has 2 aromatic rings. The summed E-state index contributed by atoms with van der Waals surface area (Å²) in [5.41, 5.74) is 13.8. The van der Waals surface area contributed by atoms with Crippen LogP contribution in [-0.2, 0) is 12.8 Å². The van der Waals surface area contributed by atoms with Gasteiger partial charge < -0.3 is 10.6 Å². The number of benzene rings is 1. The van der Waals surface area contributed by atoms with Crippen LogP contribution in [0.2, 0.25) is 5.02 Å². The van der Waals surface area contributed by atoms with Crippen molar-refractivity contribution in [3.05, 3.63) is 69.5 Å². The van der Waals surface area contributed by atoms with E-state index < -0.39 is 0 Å². The van der Waals surface area contributed by atoms with Gasteiger partial charge in [-0.15, -0.1) is 0 Å². The minimum atomic E-state index is 0.774. The third-order valence-electron chi connectivity index (χ3n) is 5.62. The maximum atomic E-state index is 6.29. The molecule has 0 bridgehead atoms. The van der Waals surface area contributed by atoms with Crippen molar-refractivity contribution in [2.45, 2.75) is 32.1 Å². The van der Waals surface area contributed by atoms with E-state index in [1.807, 2.05) is 12.3 Å². The smallest absolute Gasteiger partial charge is 0.0739 e. The first-order valence-electron chi connectivity index (χ1n) is 9.64. The molecule has 4 heteroatoms. The molecule has 0 saturated carbocycles. The molecule has 0 unspecified atom stereocenters. The molecule has 0 amide bonds. The maximum Gasteiger partial charge on any atom is 0.0739 e. The monoisotopic (exact) mass is 367 g/mol. The number of hydrogen-bond acceptors (Lipinski definition) is 3. The molecule has 1 saturated heterocycles. The number of likely N-dealkylation sites (tertiary alicyclic amines) is 1. The van der Waals surface area contributed by atoms with E-state index in [0.29, 0.717) is 0 Å². The van der Waals surface area contributed by atoms with E-state index in [4.69, 9.17) is 22.3 Å². The molecule has 2 N–H and O–H groups in total. The zero-order valence-corrected chi connectivity index (χ0v) is 15.9. The van der Waals surface area contributed by atoms with Gasteiger partial charge in [0.1, 0.15) is 0 Å². The van der Waals surface area contributed by atoms with Crippen LogP contribution in [0.3, 0.4) is 0 Å². The zero-order valence-electron chi connectivity index (χ0n) is 15.2. The van der Waals surface area contributed by atoms with Crippen molar-refractivity contribution in [1.82, 2.24) is 9.88 Å². The third-order valence-corrected chi connectivity index (χ3v) is 5.86. The highest BCUT2D eigenvalue weighted by Gasteiger charge is 2.24. The quantitative estimate of drug-likeness (QED) is 0.888. The Balaban J connectivity index is 1.75. The molecule has 1 aromatic carbocycles. The summed E-state index contributed by atoms with van der Waals surface area (Å²) in [6.07, 6.45) is 7.27. The topological polar surface area (TPSA) is 42.1 Å². The van der Waals surface area contributed by atoms with E-state index >= 15 is 0 Å². The van der Waals surface area contributed by atoms with Gasteiger partial charge >= 0.3 is 0 Å². The van der Waals surface area contributed by atoms with Gasteiger partial charge in [0.2, 0.25) is 0 Å². The number of pyridine rings is 1. The van der Waals surface area contributed by atoms with Gasteiger partial charge in [-0.2, -0.15) is 0 Å². The van der Waals surface area contributed by atoms with Crippen LogP contribution in [0.15, 0.2) is 42.1 Å². The summed E-state index contributed by atoms with van der Waals surface area (Å²) in [5, 5.41) is 0.823. The lowest BCUT2D eigenvalue weighted by Gasteiger charge is -2.30. The van der Waals surface area contributed by atoms with Crippen LogP contribution in [0.1, 0.15) is 41.6 Å². The van der Waals surface area contributed by atoms with E-state index in [2.05, 4.69) is 29.2 Å². The molecule has 2 heterocycles. The SMILES string of the molecule is NCCCN1CCC(=C2c3ccc(Cl)cc3CCc3cccnc32)CC1. The summed E-state index contributed by atoms with van der Waals surface area (Å²) >= 11 is 6.29. The number of hydrogen-bond donors (Lipinski definition) is 1. The van der Waals surface area contributed by atoms with Crippen molar-refractivity contribution in [2.75, 3.05) is 26.2 Å². The molecule has 1 aliphatic heterocycles. The van der Waals surface area contributed by atoms with Crippen LogP contribution >= 0.6 is 11.6 Å². The Morgan fingerprint density at radius 2 is 1.85 bits per heavy atom. The van der Waals surface area contributed by atoms with E-state index in [1.54, 1.807) is 5.57 Å². The molecule has 1 aliphatic carbocycles. The lowest BCUT2D eigenvalue weighted by atomic mass is 9.88. The second kappa shape index (κ2) is 7.91. The summed E-state index contributed by atoms with van der Waals surface area (Å²) in [5.74, 6) is 0.